The Balaban J connectivity index is 3.30. The van der Waals surface area contributed by atoms with Crippen LogP contribution in [0.25, 0.3) is 0 Å². The Morgan fingerprint density at radius 2 is 1.57 bits per heavy atom. The van der Waals surface area contributed by atoms with Gasteiger partial charge in [0, 0.05) is 17.1 Å². The summed E-state index contributed by atoms with van der Waals surface area (Å²) in [6, 6.07) is 4.03. The number of hydrogen-bond donors (Lipinski definition) is 1. The van der Waals surface area contributed by atoms with E-state index in [0.717, 1.165) is 17.9 Å². The van der Waals surface area contributed by atoms with Crippen molar-refractivity contribution in [2.24, 2.45) is 5.41 Å². The van der Waals surface area contributed by atoms with E-state index in [1.54, 1.807) is 0 Å². The molecule has 0 saturated heterocycles. The number of halogens is 1. The smallest absolute Gasteiger partial charge is 0.162 e. The van der Waals surface area contributed by atoms with E-state index in [9.17, 15) is 0 Å². The Morgan fingerprint density at radius 3 is 2.00 bits per heavy atom. The Hall–Kier alpha value is -0.930. The summed E-state index contributed by atoms with van der Waals surface area (Å²) in [5.41, 5.74) is 1.11. The molecule has 0 fully saturated rings. The Bertz CT molecular complexity index is 455. The second kappa shape index (κ2) is 7.90. The molecule has 1 unspecified atom stereocenters. The molecule has 0 amide bonds. The lowest BCUT2D eigenvalue weighted by atomic mass is 9.82. The highest BCUT2D eigenvalue weighted by Crippen LogP contribution is 2.41. The predicted octanol–water partition coefficient (Wildman–Crippen LogP) is 4.83. The molecular weight excluding hydrogens is 286 g/mol. The molecular formula is C17H28ClNO2. The van der Waals surface area contributed by atoms with E-state index >= 15 is 0 Å². The molecule has 1 atom stereocenters. The Kier molecular flexibility index (Phi) is 6.82. The zero-order valence-electron chi connectivity index (χ0n) is 14.0. The number of benzene rings is 1. The summed E-state index contributed by atoms with van der Waals surface area (Å²) in [4.78, 5) is 0. The molecule has 0 aliphatic carbocycles. The molecule has 1 rings (SSSR count). The highest BCUT2D eigenvalue weighted by Gasteiger charge is 2.28. The van der Waals surface area contributed by atoms with Crippen molar-refractivity contribution in [3.63, 3.8) is 0 Å². The minimum atomic E-state index is 0.0518. The highest BCUT2D eigenvalue weighted by atomic mass is 35.5. The topological polar surface area (TPSA) is 30.5 Å². The molecule has 0 saturated carbocycles. The maximum absolute atomic E-state index is 6.50. The SMILES string of the molecule is CCNC(c1cc(OCC)c(OCC)cc1Cl)C(C)(C)C. The number of ether oxygens (including phenoxy) is 2. The summed E-state index contributed by atoms with van der Waals surface area (Å²) >= 11 is 6.50. The molecule has 120 valence electrons. The lowest BCUT2D eigenvalue weighted by Crippen LogP contribution is -2.32. The molecule has 0 aliphatic heterocycles. The second-order valence-corrected chi connectivity index (χ2v) is 6.45. The van der Waals surface area contributed by atoms with Crippen molar-refractivity contribution in [3.05, 3.63) is 22.7 Å². The van der Waals surface area contributed by atoms with Gasteiger partial charge >= 0.3 is 0 Å². The fourth-order valence-corrected chi connectivity index (χ4v) is 2.66. The van der Waals surface area contributed by atoms with Crippen LogP contribution in [0.1, 0.15) is 53.1 Å². The zero-order chi connectivity index (χ0) is 16.0. The van der Waals surface area contributed by atoms with Gasteiger partial charge in [-0.15, -0.1) is 0 Å². The molecule has 0 aromatic heterocycles. The Morgan fingerprint density at radius 1 is 1.05 bits per heavy atom. The van der Waals surface area contributed by atoms with Gasteiger partial charge in [0.1, 0.15) is 0 Å². The number of hydrogen-bond acceptors (Lipinski definition) is 3. The summed E-state index contributed by atoms with van der Waals surface area (Å²) in [6.45, 7) is 14.7. The van der Waals surface area contributed by atoms with Crippen molar-refractivity contribution < 1.29 is 9.47 Å². The fraction of sp³-hybridized carbons (Fsp3) is 0.647. The molecule has 21 heavy (non-hydrogen) atoms. The largest absolute Gasteiger partial charge is 0.490 e. The van der Waals surface area contributed by atoms with Crippen molar-refractivity contribution in [2.75, 3.05) is 19.8 Å². The lowest BCUT2D eigenvalue weighted by Gasteiger charge is -2.33. The van der Waals surface area contributed by atoms with E-state index in [-0.39, 0.29) is 11.5 Å². The van der Waals surface area contributed by atoms with Crippen LogP contribution in [0.2, 0.25) is 5.02 Å². The first-order valence-electron chi connectivity index (χ1n) is 7.67. The summed E-state index contributed by atoms with van der Waals surface area (Å²) in [5.74, 6) is 1.46. The molecule has 1 N–H and O–H groups in total. The Labute approximate surface area is 134 Å². The quantitative estimate of drug-likeness (QED) is 0.781. The predicted molar refractivity (Wildman–Crippen MR) is 89.7 cm³/mol. The van der Waals surface area contributed by atoms with Gasteiger partial charge in [-0.3, -0.25) is 0 Å². The average molecular weight is 314 g/mol. The van der Waals surface area contributed by atoms with Crippen molar-refractivity contribution in [1.29, 1.82) is 0 Å². The lowest BCUT2D eigenvalue weighted by molar-refractivity contribution is 0.270. The van der Waals surface area contributed by atoms with Crippen LogP contribution in [0.15, 0.2) is 12.1 Å². The number of nitrogens with one attached hydrogen (secondary N) is 1. The van der Waals surface area contributed by atoms with Crippen LogP contribution >= 0.6 is 11.6 Å². The summed E-state index contributed by atoms with van der Waals surface area (Å²) in [6.07, 6.45) is 0. The molecule has 0 heterocycles. The fourth-order valence-electron chi connectivity index (χ4n) is 2.40. The number of rotatable bonds is 7. The van der Waals surface area contributed by atoms with E-state index in [0.29, 0.717) is 24.0 Å². The van der Waals surface area contributed by atoms with Crippen molar-refractivity contribution in [3.8, 4) is 11.5 Å². The minimum Gasteiger partial charge on any atom is -0.490 e. The van der Waals surface area contributed by atoms with Gasteiger partial charge in [-0.2, -0.15) is 0 Å². The average Bonchev–Trinajstić information content (AvgIpc) is 2.39. The first-order valence-corrected chi connectivity index (χ1v) is 8.05. The summed E-state index contributed by atoms with van der Waals surface area (Å²) < 4.78 is 11.3. The first-order chi connectivity index (χ1) is 9.85. The molecule has 0 bridgehead atoms. The first kappa shape index (κ1) is 18.1. The third kappa shape index (κ3) is 4.79. The molecule has 3 nitrogen and oxygen atoms in total. The van der Waals surface area contributed by atoms with Crippen molar-refractivity contribution in [2.45, 2.75) is 47.6 Å². The minimum absolute atomic E-state index is 0.0518. The molecule has 1 aromatic carbocycles. The summed E-state index contributed by atoms with van der Waals surface area (Å²) in [5, 5.41) is 4.23. The van der Waals surface area contributed by atoms with Crippen LogP contribution in [0.3, 0.4) is 0 Å². The van der Waals surface area contributed by atoms with Crippen LogP contribution in [-0.4, -0.2) is 19.8 Å². The van der Waals surface area contributed by atoms with Crippen LogP contribution in [0.5, 0.6) is 11.5 Å². The van der Waals surface area contributed by atoms with Gasteiger partial charge in [-0.1, -0.05) is 39.3 Å². The normalized spacial score (nSPS) is 13.1. The van der Waals surface area contributed by atoms with Gasteiger partial charge in [0.2, 0.25) is 0 Å². The van der Waals surface area contributed by atoms with Gasteiger partial charge < -0.3 is 14.8 Å². The zero-order valence-corrected chi connectivity index (χ0v) is 14.8. The van der Waals surface area contributed by atoms with E-state index in [1.807, 2.05) is 26.0 Å². The van der Waals surface area contributed by atoms with Crippen LogP contribution < -0.4 is 14.8 Å². The van der Waals surface area contributed by atoms with Gasteiger partial charge in [0.25, 0.3) is 0 Å². The molecule has 4 heteroatoms. The maximum atomic E-state index is 6.50. The van der Waals surface area contributed by atoms with E-state index < -0.39 is 0 Å². The van der Waals surface area contributed by atoms with Crippen LogP contribution in [0, 0.1) is 5.41 Å². The summed E-state index contributed by atoms with van der Waals surface area (Å²) in [7, 11) is 0. The third-order valence-corrected chi connectivity index (χ3v) is 3.58. The molecule has 0 spiro atoms. The molecule has 0 aliphatic rings. The van der Waals surface area contributed by atoms with Gasteiger partial charge in [0.05, 0.1) is 13.2 Å². The van der Waals surface area contributed by atoms with Gasteiger partial charge in [-0.25, -0.2) is 0 Å². The second-order valence-electron chi connectivity index (χ2n) is 6.04. The van der Waals surface area contributed by atoms with Crippen LogP contribution in [-0.2, 0) is 0 Å². The van der Waals surface area contributed by atoms with Gasteiger partial charge in [0.15, 0.2) is 11.5 Å². The monoisotopic (exact) mass is 313 g/mol. The van der Waals surface area contributed by atoms with E-state index in [2.05, 4.69) is 33.0 Å². The van der Waals surface area contributed by atoms with Crippen molar-refractivity contribution >= 4 is 11.6 Å². The van der Waals surface area contributed by atoms with E-state index in [4.69, 9.17) is 21.1 Å². The maximum Gasteiger partial charge on any atom is 0.162 e. The van der Waals surface area contributed by atoms with Gasteiger partial charge in [-0.05, 0) is 37.4 Å². The van der Waals surface area contributed by atoms with Crippen LogP contribution in [0.4, 0.5) is 0 Å². The molecule has 0 radical (unpaired) electrons. The standard InChI is InChI=1S/C17H28ClNO2/c1-7-19-16(17(4,5)6)12-10-14(20-8-2)15(21-9-3)11-13(12)18/h10-11,16,19H,7-9H2,1-6H3. The third-order valence-electron chi connectivity index (χ3n) is 3.25. The van der Waals surface area contributed by atoms with Crippen molar-refractivity contribution in [1.82, 2.24) is 5.32 Å². The molecule has 1 aromatic rings. The van der Waals surface area contributed by atoms with E-state index in [1.165, 1.54) is 0 Å². The highest BCUT2D eigenvalue weighted by molar-refractivity contribution is 6.31.